The SMILES string of the molecule is Nc1nc(Cl)c2ncn(CCC3C(=O)OC4(CCCCC4)OC3=O)c2n1. The zero-order valence-electron chi connectivity index (χ0n) is 14.0. The maximum atomic E-state index is 12.4. The first-order valence-electron chi connectivity index (χ1n) is 8.57. The number of hydrogen-bond acceptors (Lipinski definition) is 8. The van der Waals surface area contributed by atoms with Gasteiger partial charge in [-0.3, -0.25) is 9.59 Å². The maximum absolute atomic E-state index is 12.4. The molecule has 0 unspecified atom stereocenters. The van der Waals surface area contributed by atoms with E-state index >= 15 is 0 Å². The number of nitrogens with two attached hydrogens (primary N) is 1. The van der Waals surface area contributed by atoms with E-state index in [1.165, 1.54) is 6.33 Å². The summed E-state index contributed by atoms with van der Waals surface area (Å²) < 4.78 is 12.7. The smallest absolute Gasteiger partial charge is 0.323 e. The average molecular weight is 380 g/mol. The fraction of sp³-hybridized carbons (Fsp3) is 0.562. The van der Waals surface area contributed by atoms with Crippen molar-refractivity contribution in [2.45, 2.75) is 50.9 Å². The molecule has 3 heterocycles. The second-order valence-electron chi connectivity index (χ2n) is 6.64. The van der Waals surface area contributed by atoms with Gasteiger partial charge in [-0.1, -0.05) is 18.0 Å². The highest BCUT2D eigenvalue weighted by Crippen LogP contribution is 2.37. The van der Waals surface area contributed by atoms with Crippen LogP contribution in [-0.2, 0) is 25.6 Å². The number of halogens is 1. The summed E-state index contributed by atoms with van der Waals surface area (Å²) in [6.07, 6.45) is 5.69. The van der Waals surface area contributed by atoms with Crippen molar-refractivity contribution in [3.05, 3.63) is 11.5 Å². The molecule has 1 aliphatic carbocycles. The van der Waals surface area contributed by atoms with E-state index in [4.69, 9.17) is 26.8 Å². The summed E-state index contributed by atoms with van der Waals surface area (Å²) in [7, 11) is 0. The lowest BCUT2D eigenvalue weighted by Gasteiger charge is -2.40. The van der Waals surface area contributed by atoms with Crippen LogP contribution in [0.15, 0.2) is 6.33 Å². The van der Waals surface area contributed by atoms with Crippen LogP contribution in [0.25, 0.3) is 11.2 Å². The normalized spacial score (nSPS) is 20.3. The third-order valence-electron chi connectivity index (χ3n) is 4.85. The predicted octanol–water partition coefficient (Wildman–Crippen LogP) is 1.83. The number of esters is 2. The van der Waals surface area contributed by atoms with E-state index < -0.39 is 23.6 Å². The molecule has 26 heavy (non-hydrogen) atoms. The predicted molar refractivity (Wildman–Crippen MR) is 90.9 cm³/mol. The van der Waals surface area contributed by atoms with E-state index in [1.54, 1.807) is 4.57 Å². The third-order valence-corrected chi connectivity index (χ3v) is 5.12. The Morgan fingerprint density at radius 3 is 2.58 bits per heavy atom. The molecule has 1 saturated heterocycles. The van der Waals surface area contributed by atoms with Gasteiger partial charge in [0.15, 0.2) is 16.7 Å². The van der Waals surface area contributed by atoms with Gasteiger partial charge in [0.05, 0.1) is 6.33 Å². The maximum Gasteiger partial charge on any atom is 0.323 e. The van der Waals surface area contributed by atoms with Gasteiger partial charge in [0.25, 0.3) is 5.79 Å². The molecule has 2 aliphatic rings. The number of nitrogen functional groups attached to an aromatic ring is 1. The fourth-order valence-corrected chi connectivity index (χ4v) is 3.73. The molecule has 2 aromatic heterocycles. The standard InChI is InChI=1S/C16H18ClN5O4/c17-11-10-12(21-15(18)20-11)22(8-19-10)7-4-9-13(23)25-16(26-14(9)24)5-2-1-3-6-16/h8-9H,1-7H2,(H2,18,20,21). The van der Waals surface area contributed by atoms with Crippen LogP contribution in [0.3, 0.4) is 0 Å². The van der Waals surface area contributed by atoms with Gasteiger partial charge in [0.2, 0.25) is 5.95 Å². The minimum atomic E-state index is -1.06. The van der Waals surface area contributed by atoms with Crippen molar-refractivity contribution in [3.8, 4) is 0 Å². The molecule has 0 atom stereocenters. The van der Waals surface area contributed by atoms with Crippen LogP contribution in [0, 0.1) is 5.92 Å². The number of carbonyl (C=O) groups excluding carboxylic acids is 2. The highest BCUT2D eigenvalue weighted by molar-refractivity contribution is 6.33. The quantitative estimate of drug-likeness (QED) is 0.486. The number of aryl methyl sites for hydroxylation is 1. The number of rotatable bonds is 3. The van der Waals surface area contributed by atoms with Crippen LogP contribution in [0.5, 0.6) is 0 Å². The molecular formula is C16H18ClN5O4. The van der Waals surface area contributed by atoms with Crippen LogP contribution in [0.1, 0.15) is 38.5 Å². The van der Waals surface area contributed by atoms with Crippen molar-refractivity contribution in [2.75, 3.05) is 5.73 Å². The Morgan fingerprint density at radius 2 is 1.88 bits per heavy atom. The van der Waals surface area contributed by atoms with Crippen molar-refractivity contribution in [1.82, 2.24) is 19.5 Å². The van der Waals surface area contributed by atoms with Crippen molar-refractivity contribution in [1.29, 1.82) is 0 Å². The lowest BCUT2D eigenvalue weighted by molar-refractivity contribution is -0.261. The zero-order chi connectivity index (χ0) is 18.3. The summed E-state index contributed by atoms with van der Waals surface area (Å²) in [5.41, 5.74) is 6.48. The molecule has 1 saturated carbocycles. The molecular weight excluding hydrogens is 362 g/mol. The molecule has 2 N–H and O–H groups in total. The Balaban J connectivity index is 1.48. The van der Waals surface area contributed by atoms with Gasteiger partial charge in [0, 0.05) is 19.4 Å². The van der Waals surface area contributed by atoms with Gasteiger partial charge in [-0.2, -0.15) is 9.97 Å². The van der Waals surface area contributed by atoms with Gasteiger partial charge in [-0.05, 0) is 19.3 Å². The lowest BCUT2D eigenvalue weighted by atomic mass is 9.92. The number of carbonyl (C=O) groups is 2. The van der Waals surface area contributed by atoms with Crippen LogP contribution in [0.4, 0.5) is 5.95 Å². The highest BCUT2D eigenvalue weighted by atomic mass is 35.5. The van der Waals surface area contributed by atoms with Crippen LogP contribution < -0.4 is 5.73 Å². The Hall–Kier alpha value is -2.42. The van der Waals surface area contributed by atoms with Crippen molar-refractivity contribution < 1.29 is 19.1 Å². The molecule has 4 rings (SSSR count). The number of hydrogen-bond donors (Lipinski definition) is 1. The number of ether oxygens (including phenoxy) is 2. The number of fused-ring (bicyclic) bond motifs is 1. The molecule has 9 nitrogen and oxygen atoms in total. The van der Waals surface area contributed by atoms with E-state index in [1.807, 2.05) is 0 Å². The second kappa shape index (κ2) is 6.39. The average Bonchev–Trinajstić information content (AvgIpc) is 2.98. The first kappa shape index (κ1) is 17.0. The van der Waals surface area contributed by atoms with Crippen LogP contribution >= 0.6 is 11.6 Å². The molecule has 2 fully saturated rings. The number of nitrogens with zero attached hydrogens (tertiary/aromatic N) is 4. The van der Waals surface area contributed by atoms with Gasteiger partial charge in [-0.15, -0.1) is 0 Å². The summed E-state index contributed by atoms with van der Waals surface area (Å²) in [6.45, 7) is 0.311. The Morgan fingerprint density at radius 1 is 1.19 bits per heavy atom. The van der Waals surface area contributed by atoms with E-state index in [0.29, 0.717) is 30.6 Å². The number of anilines is 1. The fourth-order valence-electron chi connectivity index (χ4n) is 3.51. The molecule has 0 aromatic carbocycles. The second-order valence-corrected chi connectivity index (χ2v) is 7.00. The largest absolute Gasteiger partial charge is 0.422 e. The summed E-state index contributed by atoms with van der Waals surface area (Å²) in [4.78, 5) is 36.9. The first-order valence-corrected chi connectivity index (χ1v) is 8.95. The molecule has 0 bridgehead atoms. The van der Waals surface area contributed by atoms with Crippen LogP contribution in [-0.4, -0.2) is 37.2 Å². The molecule has 0 amide bonds. The zero-order valence-corrected chi connectivity index (χ0v) is 14.7. The summed E-state index contributed by atoms with van der Waals surface area (Å²) >= 11 is 6.00. The van der Waals surface area contributed by atoms with Gasteiger partial charge in [0.1, 0.15) is 5.52 Å². The summed E-state index contributed by atoms with van der Waals surface area (Å²) in [5.74, 6) is -3.05. The minimum Gasteiger partial charge on any atom is -0.422 e. The highest BCUT2D eigenvalue weighted by Gasteiger charge is 2.48. The first-order chi connectivity index (χ1) is 12.5. The van der Waals surface area contributed by atoms with Gasteiger partial charge >= 0.3 is 11.9 Å². The van der Waals surface area contributed by atoms with Gasteiger partial charge in [-0.25, -0.2) is 4.98 Å². The monoisotopic (exact) mass is 379 g/mol. The Kier molecular flexibility index (Phi) is 4.18. The number of imidazole rings is 1. The number of aromatic nitrogens is 4. The van der Waals surface area contributed by atoms with Crippen molar-refractivity contribution >= 4 is 40.7 Å². The minimum absolute atomic E-state index is 0.0278. The molecule has 2 aromatic rings. The third kappa shape index (κ3) is 2.96. The van der Waals surface area contributed by atoms with E-state index in [9.17, 15) is 9.59 Å². The molecule has 138 valence electrons. The van der Waals surface area contributed by atoms with Gasteiger partial charge < -0.3 is 19.8 Å². The Labute approximate surface area is 153 Å². The van der Waals surface area contributed by atoms with E-state index in [0.717, 1.165) is 19.3 Å². The van der Waals surface area contributed by atoms with Crippen molar-refractivity contribution in [2.24, 2.45) is 5.92 Å². The Bertz CT molecular complexity index is 857. The summed E-state index contributed by atoms with van der Waals surface area (Å²) in [6, 6.07) is 0. The van der Waals surface area contributed by atoms with Crippen LogP contribution in [0.2, 0.25) is 5.15 Å². The molecule has 1 spiro atoms. The lowest BCUT2D eigenvalue weighted by Crippen LogP contribution is -2.51. The molecule has 1 aliphatic heterocycles. The molecule has 0 radical (unpaired) electrons. The van der Waals surface area contributed by atoms with Crippen molar-refractivity contribution in [3.63, 3.8) is 0 Å². The summed E-state index contributed by atoms with van der Waals surface area (Å²) in [5, 5.41) is 0.155. The van der Waals surface area contributed by atoms with E-state index in [2.05, 4.69) is 15.0 Å². The topological polar surface area (TPSA) is 122 Å². The van der Waals surface area contributed by atoms with E-state index in [-0.39, 0.29) is 17.5 Å². The molecule has 10 heteroatoms.